The number of carbonyl (C=O) groups is 1. The van der Waals surface area contributed by atoms with E-state index in [1.165, 1.54) is 0 Å². The van der Waals surface area contributed by atoms with E-state index >= 15 is 0 Å². The molecule has 0 bridgehead atoms. The zero-order valence-corrected chi connectivity index (χ0v) is 15.6. The number of rotatable bonds is 6. The molecule has 1 heterocycles. The van der Waals surface area contributed by atoms with Crippen molar-refractivity contribution in [3.63, 3.8) is 0 Å². The van der Waals surface area contributed by atoms with E-state index in [1.54, 1.807) is 24.3 Å². The molecule has 0 radical (unpaired) electrons. The molecule has 0 saturated carbocycles. The zero-order valence-electron chi connectivity index (χ0n) is 14.8. The highest BCUT2D eigenvalue weighted by Gasteiger charge is 2.26. The normalized spacial score (nSPS) is 19.6. The van der Waals surface area contributed by atoms with E-state index in [2.05, 4.69) is 18.6 Å². The van der Waals surface area contributed by atoms with Crippen LogP contribution < -0.4 is 4.72 Å². The number of nitrogens with one attached hydrogen (secondary N) is 1. The Morgan fingerprint density at radius 1 is 1.21 bits per heavy atom. The SMILES string of the molecule is Cc1ccc(S(=O)(=O)NC2CCC(=O)N(CCC(C)C)CC2)cc1. The van der Waals surface area contributed by atoms with Gasteiger partial charge in [0.05, 0.1) is 4.90 Å². The quantitative estimate of drug-likeness (QED) is 0.856. The van der Waals surface area contributed by atoms with Crippen molar-refractivity contribution in [1.29, 1.82) is 0 Å². The fraction of sp³-hybridized carbons (Fsp3) is 0.611. The van der Waals surface area contributed by atoms with Crippen LogP contribution in [0, 0.1) is 12.8 Å². The third-order valence-electron chi connectivity index (χ3n) is 4.44. The summed E-state index contributed by atoms with van der Waals surface area (Å²) in [6, 6.07) is 6.63. The van der Waals surface area contributed by atoms with Crippen LogP contribution in [0.25, 0.3) is 0 Å². The van der Waals surface area contributed by atoms with Gasteiger partial charge in [0.2, 0.25) is 15.9 Å². The minimum absolute atomic E-state index is 0.132. The van der Waals surface area contributed by atoms with Gasteiger partial charge in [-0.3, -0.25) is 4.79 Å². The lowest BCUT2D eigenvalue weighted by Crippen LogP contribution is -2.36. The molecule has 0 aromatic heterocycles. The second-order valence-electron chi connectivity index (χ2n) is 7.02. The monoisotopic (exact) mass is 352 g/mol. The third-order valence-corrected chi connectivity index (χ3v) is 5.97. The highest BCUT2D eigenvalue weighted by Crippen LogP contribution is 2.17. The van der Waals surface area contributed by atoms with Crippen molar-refractivity contribution < 1.29 is 13.2 Å². The highest BCUT2D eigenvalue weighted by molar-refractivity contribution is 7.89. The highest BCUT2D eigenvalue weighted by atomic mass is 32.2. The van der Waals surface area contributed by atoms with Gasteiger partial charge in [-0.2, -0.15) is 0 Å². The number of sulfonamides is 1. The average Bonchev–Trinajstić information content (AvgIpc) is 2.68. The largest absolute Gasteiger partial charge is 0.343 e. The van der Waals surface area contributed by atoms with Crippen LogP contribution in [0.3, 0.4) is 0 Å². The summed E-state index contributed by atoms with van der Waals surface area (Å²) in [6.07, 6.45) is 2.60. The lowest BCUT2D eigenvalue weighted by molar-refractivity contribution is -0.130. The van der Waals surface area contributed by atoms with Crippen molar-refractivity contribution in [3.8, 4) is 0 Å². The fourth-order valence-electron chi connectivity index (χ4n) is 2.81. The molecule has 1 unspecified atom stereocenters. The van der Waals surface area contributed by atoms with Crippen LogP contribution in [0.15, 0.2) is 29.2 Å². The fourth-order valence-corrected chi connectivity index (χ4v) is 4.11. The van der Waals surface area contributed by atoms with E-state index in [1.807, 2.05) is 11.8 Å². The predicted octanol–water partition coefficient (Wildman–Crippen LogP) is 2.70. The predicted molar refractivity (Wildman–Crippen MR) is 95.2 cm³/mol. The first-order valence-corrected chi connectivity index (χ1v) is 10.1. The zero-order chi connectivity index (χ0) is 17.7. The standard InChI is InChI=1S/C18H28N2O3S/c1-14(2)10-12-20-13-11-16(6-9-18(20)21)19-24(22,23)17-7-4-15(3)5-8-17/h4-5,7-8,14,16,19H,6,9-13H2,1-3H3. The van der Waals surface area contributed by atoms with E-state index in [-0.39, 0.29) is 16.8 Å². The number of hydrogen-bond acceptors (Lipinski definition) is 3. The molecular formula is C18H28N2O3S. The number of nitrogens with zero attached hydrogens (tertiary/aromatic N) is 1. The first-order valence-electron chi connectivity index (χ1n) is 8.64. The van der Waals surface area contributed by atoms with Crippen LogP contribution in [0.1, 0.15) is 45.1 Å². The van der Waals surface area contributed by atoms with Gasteiger partial charge in [0.1, 0.15) is 0 Å². The minimum Gasteiger partial charge on any atom is -0.343 e. The summed E-state index contributed by atoms with van der Waals surface area (Å²) in [5.41, 5.74) is 1.02. The van der Waals surface area contributed by atoms with E-state index in [4.69, 9.17) is 0 Å². The van der Waals surface area contributed by atoms with Crippen molar-refractivity contribution in [2.75, 3.05) is 13.1 Å². The summed E-state index contributed by atoms with van der Waals surface area (Å²) in [5, 5.41) is 0. The molecule has 1 N–H and O–H groups in total. The van der Waals surface area contributed by atoms with Crippen molar-refractivity contribution >= 4 is 15.9 Å². The molecule has 134 valence electrons. The van der Waals surface area contributed by atoms with Crippen LogP contribution in [-0.2, 0) is 14.8 Å². The molecule has 1 aliphatic rings. The molecule has 0 spiro atoms. The molecule has 0 aliphatic carbocycles. The summed E-state index contributed by atoms with van der Waals surface area (Å²) in [6.45, 7) is 7.58. The number of likely N-dealkylation sites (tertiary alicyclic amines) is 1. The Balaban J connectivity index is 1.98. The molecule has 5 nitrogen and oxygen atoms in total. The van der Waals surface area contributed by atoms with Gasteiger partial charge in [-0.1, -0.05) is 31.5 Å². The molecule has 24 heavy (non-hydrogen) atoms. The van der Waals surface area contributed by atoms with Crippen molar-refractivity contribution in [2.45, 2.75) is 57.4 Å². The van der Waals surface area contributed by atoms with E-state index < -0.39 is 10.0 Å². The number of hydrogen-bond donors (Lipinski definition) is 1. The smallest absolute Gasteiger partial charge is 0.240 e. The number of amides is 1. The van der Waals surface area contributed by atoms with Crippen molar-refractivity contribution in [3.05, 3.63) is 29.8 Å². The minimum atomic E-state index is -3.53. The number of carbonyl (C=O) groups excluding carboxylic acids is 1. The molecule has 2 rings (SSSR count). The van der Waals surface area contributed by atoms with Gasteiger partial charge in [-0.15, -0.1) is 0 Å². The second kappa shape index (κ2) is 8.12. The van der Waals surface area contributed by atoms with Crippen LogP contribution in [-0.4, -0.2) is 38.4 Å². The molecule has 1 aromatic carbocycles. The van der Waals surface area contributed by atoms with Crippen LogP contribution in [0.5, 0.6) is 0 Å². The van der Waals surface area contributed by atoms with Gasteiger partial charge in [0.25, 0.3) is 0 Å². The third kappa shape index (κ3) is 5.31. The molecule has 1 saturated heterocycles. The Kier molecular flexibility index (Phi) is 6.40. The molecule has 1 amide bonds. The van der Waals surface area contributed by atoms with Gasteiger partial charge in [0, 0.05) is 25.6 Å². The first kappa shape index (κ1) is 18.9. The lowest BCUT2D eigenvalue weighted by Gasteiger charge is -2.22. The van der Waals surface area contributed by atoms with Gasteiger partial charge >= 0.3 is 0 Å². The molecule has 1 atom stereocenters. The summed E-state index contributed by atoms with van der Waals surface area (Å²) >= 11 is 0. The van der Waals surface area contributed by atoms with Crippen LogP contribution in [0.4, 0.5) is 0 Å². The van der Waals surface area contributed by atoms with Crippen molar-refractivity contribution in [1.82, 2.24) is 9.62 Å². The van der Waals surface area contributed by atoms with Gasteiger partial charge in [-0.05, 0) is 44.2 Å². The second-order valence-corrected chi connectivity index (χ2v) is 8.74. The maximum absolute atomic E-state index is 12.5. The Hall–Kier alpha value is -1.40. The average molecular weight is 353 g/mol. The van der Waals surface area contributed by atoms with Gasteiger partial charge in [0.15, 0.2) is 0 Å². The summed E-state index contributed by atoms with van der Waals surface area (Å²) in [4.78, 5) is 14.3. The molecule has 1 aromatic rings. The van der Waals surface area contributed by atoms with E-state index in [0.29, 0.717) is 31.7 Å². The number of benzene rings is 1. The van der Waals surface area contributed by atoms with Gasteiger partial charge in [-0.25, -0.2) is 13.1 Å². The first-order chi connectivity index (χ1) is 11.3. The van der Waals surface area contributed by atoms with E-state index in [0.717, 1.165) is 18.5 Å². The van der Waals surface area contributed by atoms with Crippen LogP contribution in [0.2, 0.25) is 0 Å². The molecule has 1 fully saturated rings. The topological polar surface area (TPSA) is 66.5 Å². The maximum Gasteiger partial charge on any atom is 0.240 e. The van der Waals surface area contributed by atoms with Gasteiger partial charge < -0.3 is 4.90 Å². The van der Waals surface area contributed by atoms with E-state index in [9.17, 15) is 13.2 Å². The molecule has 6 heteroatoms. The van der Waals surface area contributed by atoms with Crippen molar-refractivity contribution in [2.24, 2.45) is 5.92 Å². The van der Waals surface area contributed by atoms with Crippen LogP contribution >= 0.6 is 0 Å². The Bertz CT molecular complexity index is 653. The molecular weight excluding hydrogens is 324 g/mol. The Labute approximate surface area is 145 Å². The molecule has 1 aliphatic heterocycles. The lowest BCUT2D eigenvalue weighted by atomic mass is 10.1. The number of aryl methyl sites for hydroxylation is 1. The Morgan fingerprint density at radius 2 is 1.88 bits per heavy atom. The maximum atomic E-state index is 12.5. The summed E-state index contributed by atoms with van der Waals surface area (Å²) < 4.78 is 27.8. The summed E-state index contributed by atoms with van der Waals surface area (Å²) in [7, 11) is -3.53. The summed E-state index contributed by atoms with van der Waals surface area (Å²) in [5.74, 6) is 0.685. The Morgan fingerprint density at radius 3 is 2.50 bits per heavy atom.